The van der Waals surface area contributed by atoms with E-state index in [1.54, 1.807) is 10.9 Å². The van der Waals surface area contributed by atoms with Crippen molar-refractivity contribution in [3.8, 4) is 0 Å². The number of carbonyl (C=O) groups is 1. The molecule has 0 fully saturated rings. The highest BCUT2D eigenvalue weighted by Gasteiger charge is 2.16. The molecule has 5 heteroatoms. The summed E-state index contributed by atoms with van der Waals surface area (Å²) in [4.78, 5) is 11.2. The molecule has 84 valence electrons. The fraction of sp³-hybridized carbons (Fsp3) is 0.600. The summed E-state index contributed by atoms with van der Waals surface area (Å²) < 4.78 is 1.72. The molecule has 1 aromatic rings. The number of primary amides is 1. The van der Waals surface area contributed by atoms with Crippen LogP contribution in [0.25, 0.3) is 0 Å². The van der Waals surface area contributed by atoms with Gasteiger partial charge in [-0.05, 0) is 12.5 Å². The normalized spacial score (nSPS) is 13.1. The molecule has 1 rings (SSSR count). The number of rotatable bonds is 5. The van der Waals surface area contributed by atoms with E-state index in [2.05, 4.69) is 10.4 Å². The molecule has 0 saturated carbocycles. The minimum absolute atomic E-state index is 0.221. The van der Waals surface area contributed by atoms with Crippen molar-refractivity contribution < 1.29 is 4.79 Å². The van der Waals surface area contributed by atoms with E-state index in [1.165, 1.54) is 0 Å². The van der Waals surface area contributed by atoms with Gasteiger partial charge in [0.05, 0.1) is 12.7 Å². The SMILES string of the molecule is Cc1cnn(CC(NC(C)C)C(N)=O)c1. The van der Waals surface area contributed by atoms with Crippen molar-refractivity contribution in [2.24, 2.45) is 5.73 Å². The van der Waals surface area contributed by atoms with Crippen LogP contribution in [-0.2, 0) is 11.3 Å². The first kappa shape index (κ1) is 11.7. The third-order valence-electron chi connectivity index (χ3n) is 2.01. The maximum absolute atomic E-state index is 11.2. The van der Waals surface area contributed by atoms with Crippen LogP contribution in [0.4, 0.5) is 0 Å². The highest BCUT2D eigenvalue weighted by molar-refractivity contribution is 5.79. The molecule has 0 aromatic carbocycles. The minimum atomic E-state index is -0.371. The van der Waals surface area contributed by atoms with Crippen LogP contribution in [0.5, 0.6) is 0 Å². The third-order valence-corrected chi connectivity index (χ3v) is 2.01. The average molecular weight is 210 g/mol. The Hall–Kier alpha value is -1.36. The summed E-state index contributed by atoms with van der Waals surface area (Å²) in [5, 5.41) is 7.22. The summed E-state index contributed by atoms with van der Waals surface area (Å²) in [6, 6.07) is -0.150. The van der Waals surface area contributed by atoms with Crippen LogP contribution in [0, 0.1) is 6.92 Å². The van der Waals surface area contributed by atoms with Gasteiger partial charge in [0, 0.05) is 12.2 Å². The average Bonchev–Trinajstić information content (AvgIpc) is 2.49. The van der Waals surface area contributed by atoms with E-state index in [-0.39, 0.29) is 18.0 Å². The summed E-state index contributed by atoms with van der Waals surface area (Å²) >= 11 is 0. The Morgan fingerprint density at radius 2 is 2.33 bits per heavy atom. The molecular formula is C10H18N4O. The maximum Gasteiger partial charge on any atom is 0.236 e. The molecule has 3 N–H and O–H groups in total. The van der Waals surface area contributed by atoms with Gasteiger partial charge in [0.15, 0.2) is 0 Å². The smallest absolute Gasteiger partial charge is 0.236 e. The van der Waals surface area contributed by atoms with Crippen molar-refractivity contribution in [1.29, 1.82) is 0 Å². The van der Waals surface area contributed by atoms with E-state index < -0.39 is 0 Å². The number of hydrogen-bond acceptors (Lipinski definition) is 3. The monoisotopic (exact) mass is 210 g/mol. The Balaban J connectivity index is 2.62. The fourth-order valence-corrected chi connectivity index (χ4v) is 1.38. The largest absolute Gasteiger partial charge is 0.368 e. The first-order valence-corrected chi connectivity index (χ1v) is 5.03. The number of aromatic nitrogens is 2. The number of nitrogens with two attached hydrogens (primary N) is 1. The maximum atomic E-state index is 11.2. The van der Waals surface area contributed by atoms with Gasteiger partial charge in [-0.1, -0.05) is 13.8 Å². The zero-order valence-corrected chi connectivity index (χ0v) is 9.40. The van der Waals surface area contributed by atoms with Crippen LogP contribution in [0.15, 0.2) is 12.4 Å². The zero-order chi connectivity index (χ0) is 11.4. The molecule has 15 heavy (non-hydrogen) atoms. The number of nitrogens with zero attached hydrogens (tertiary/aromatic N) is 2. The van der Waals surface area contributed by atoms with E-state index in [1.807, 2.05) is 27.0 Å². The molecule has 0 spiro atoms. The minimum Gasteiger partial charge on any atom is -0.368 e. The Labute approximate surface area is 89.6 Å². The molecule has 5 nitrogen and oxygen atoms in total. The van der Waals surface area contributed by atoms with Crippen molar-refractivity contribution in [1.82, 2.24) is 15.1 Å². The van der Waals surface area contributed by atoms with Crippen LogP contribution < -0.4 is 11.1 Å². The molecule has 1 atom stereocenters. The zero-order valence-electron chi connectivity index (χ0n) is 9.40. The number of carbonyl (C=O) groups excluding carboxylic acids is 1. The summed E-state index contributed by atoms with van der Waals surface area (Å²) in [5.41, 5.74) is 6.37. The van der Waals surface area contributed by atoms with Gasteiger partial charge < -0.3 is 11.1 Å². The van der Waals surface area contributed by atoms with E-state index in [4.69, 9.17) is 5.73 Å². The standard InChI is InChI=1S/C10H18N4O/c1-7(2)13-9(10(11)15)6-14-5-8(3)4-12-14/h4-5,7,9,13H,6H2,1-3H3,(H2,11,15). The van der Waals surface area contributed by atoms with Gasteiger partial charge >= 0.3 is 0 Å². The van der Waals surface area contributed by atoms with Gasteiger partial charge in [-0.15, -0.1) is 0 Å². The quantitative estimate of drug-likeness (QED) is 0.721. The van der Waals surface area contributed by atoms with Crippen molar-refractivity contribution in [2.75, 3.05) is 0 Å². The lowest BCUT2D eigenvalue weighted by Crippen LogP contribution is -2.47. The van der Waals surface area contributed by atoms with Crippen LogP contribution in [0.2, 0.25) is 0 Å². The van der Waals surface area contributed by atoms with Gasteiger partial charge in [0.2, 0.25) is 5.91 Å². The Kier molecular flexibility index (Phi) is 3.85. The van der Waals surface area contributed by atoms with Crippen LogP contribution in [0.3, 0.4) is 0 Å². The number of nitrogens with one attached hydrogen (secondary N) is 1. The predicted octanol–water partition coefficient (Wildman–Crippen LogP) is 0.0434. The molecular weight excluding hydrogens is 192 g/mol. The van der Waals surface area contributed by atoms with E-state index in [0.29, 0.717) is 6.54 Å². The lowest BCUT2D eigenvalue weighted by Gasteiger charge is -2.17. The van der Waals surface area contributed by atoms with Gasteiger partial charge in [-0.25, -0.2) is 0 Å². The van der Waals surface area contributed by atoms with Gasteiger partial charge in [-0.2, -0.15) is 5.10 Å². The first-order chi connectivity index (χ1) is 6.99. The fourth-order valence-electron chi connectivity index (χ4n) is 1.38. The van der Waals surface area contributed by atoms with Crippen molar-refractivity contribution in [3.05, 3.63) is 18.0 Å². The molecule has 1 heterocycles. The number of amides is 1. The summed E-state index contributed by atoms with van der Waals surface area (Å²) in [6.07, 6.45) is 3.64. The highest BCUT2D eigenvalue weighted by Crippen LogP contribution is 1.97. The van der Waals surface area contributed by atoms with E-state index in [9.17, 15) is 4.79 Å². The third kappa shape index (κ3) is 3.71. The first-order valence-electron chi connectivity index (χ1n) is 5.03. The molecule has 0 radical (unpaired) electrons. The molecule has 1 unspecified atom stereocenters. The van der Waals surface area contributed by atoms with Crippen molar-refractivity contribution >= 4 is 5.91 Å². The topological polar surface area (TPSA) is 72.9 Å². The van der Waals surface area contributed by atoms with Crippen molar-refractivity contribution in [2.45, 2.75) is 39.4 Å². The van der Waals surface area contributed by atoms with Gasteiger partial charge in [0.1, 0.15) is 6.04 Å². The lowest BCUT2D eigenvalue weighted by atomic mass is 10.2. The Morgan fingerprint density at radius 1 is 1.67 bits per heavy atom. The number of aryl methyl sites for hydroxylation is 1. The summed E-state index contributed by atoms with van der Waals surface area (Å²) in [6.45, 7) is 6.38. The molecule has 0 bridgehead atoms. The van der Waals surface area contributed by atoms with Crippen LogP contribution >= 0.6 is 0 Å². The van der Waals surface area contributed by atoms with Gasteiger partial charge in [-0.3, -0.25) is 9.48 Å². The molecule has 0 aliphatic heterocycles. The predicted molar refractivity (Wildman–Crippen MR) is 58.2 cm³/mol. The van der Waals surface area contributed by atoms with Crippen LogP contribution in [-0.4, -0.2) is 27.8 Å². The van der Waals surface area contributed by atoms with E-state index >= 15 is 0 Å². The second kappa shape index (κ2) is 4.93. The van der Waals surface area contributed by atoms with Crippen LogP contribution in [0.1, 0.15) is 19.4 Å². The van der Waals surface area contributed by atoms with Gasteiger partial charge in [0.25, 0.3) is 0 Å². The second-order valence-electron chi connectivity index (χ2n) is 4.02. The molecule has 1 amide bonds. The van der Waals surface area contributed by atoms with E-state index in [0.717, 1.165) is 5.56 Å². The molecule has 0 saturated heterocycles. The summed E-state index contributed by atoms with van der Waals surface area (Å²) in [7, 11) is 0. The summed E-state index contributed by atoms with van der Waals surface area (Å²) in [5.74, 6) is -0.350. The Bertz CT molecular complexity index is 332. The van der Waals surface area contributed by atoms with Crippen molar-refractivity contribution in [3.63, 3.8) is 0 Å². The molecule has 1 aromatic heterocycles. The lowest BCUT2D eigenvalue weighted by molar-refractivity contribution is -0.120. The highest BCUT2D eigenvalue weighted by atomic mass is 16.1. The second-order valence-corrected chi connectivity index (χ2v) is 4.02. The number of hydrogen-bond donors (Lipinski definition) is 2. The Morgan fingerprint density at radius 3 is 2.73 bits per heavy atom. The molecule has 0 aliphatic rings. The molecule has 0 aliphatic carbocycles.